The van der Waals surface area contributed by atoms with Gasteiger partial charge in [0.15, 0.2) is 0 Å². The first-order valence-corrected chi connectivity index (χ1v) is 28.8. The minimum absolute atomic E-state index is 0.00302. The molecule has 65 heavy (non-hydrogen) atoms. The van der Waals surface area contributed by atoms with Crippen molar-refractivity contribution in [1.29, 1.82) is 0 Å². The van der Waals surface area contributed by atoms with Crippen molar-refractivity contribution < 1.29 is 24.5 Å². The normalized spacial score (nSPS) is 12.9. The van der Waals surface area contributed by atoms with Gasteiger partial charge in [0.1, 0.15) is 0 Å². The number of aliphatic hydroxyl groups excluding tert-OH is 2. The van der Waals surface area contributed by atoms with Crippen molar-refractivity contribution in [3.05, 3.63) is 36.5 Å². The highest BCUT2D eigenvalue weighted by molar-refractivity contribution is 5.76. The molecule has 0 fully saturated rings. The first kappa shape index (κ1) is 63.1. The molecule has 0 aromatic carbocycles. The summed E-state index contributed by atoms with van der Waals surface area (Å²) in [6.45, 7) is 4.83. The van der Waals surface area contributed by atoms with Crippen molar-refractivity contribution in [2.24, 2.45) is 0 Å². The van der Waals surface area contributed by atoms with Crippen LogP contribution in [0.5, 0.6) is 0 Å². The molecular formula is C59H111NO5. The van der Waals surface area contributed by atoms with E-state index in [4.69, 9.17) is 4.74 Å². The first-order chi connectivity index (χ1) is 32.0. The second-order valence-electron chi connectivity index (χ2n) is 19.6. The number of rotatable bonds is 53. The van der Waals surface area contributed by atoms with Crippen LogP contribution in [0.4, 0.5) is 0 Å². The summed E-state index contributed by atoms with van der Waals surface area (Å²) in [4.78, 5) is 24.4. The lowest BCUT2D eigenvalue weighted by Crippen LogP contribution is -2.45. The molecule has 0 saturated heterocycles. The predicted molar refractivity (Wildman–Crippen MR) is 283 cm³/mol. The number of aliphatic hydroxyl groups is 2. The number of hydrogen-bond acceptors (Lipinski definition) is 5. The fourth-order valence-corrected chi connectivity index (χ4v) is 8.73. The Morgan fingerprint density at radius 2 is 0.800 bits per heavy atom. The Balaban J connectivity index is 3.40. The van der Waals surface area contributed by atoms with Gasteiger partial charge >= 0.3 is 5.97 Å². The van der Waals surface area contributed by atoms with Crippen LogP contribution in [0.15, 0.2) is 36.5 Å². The molecule has 0 heterocycles. The summed E-state index contributed by atoms with van der Waals surface area (Å²) in [5.74, 6) is -0.0715. The van der Waals surface area contributed by atoms with E-state index in [2.05, 4.69) is 43.5 Å². The van der Waals surface area contributed by atoms with Gasteiger partial charge in [-0.05, 0) is 57.8 Å². The van der Waals surface area contributed by atoms with E-state index in [0.717, 1.165) is 51.4 Å². The molecule has 0 bridgehead atoms. The smallest absolute Gasteiger partial charge is 0.305 e. The van der Waals surface area contributed by atoms with E-state index in [0.29, 0.717) is 19.4 Å². The van der Waals surface area contributed by atoms with Gasteiger partial charge in [0.25, 0.3) is 0 Å². The van der Waals surface area contributed by atoms with Crippen LogP contribution in [-0.4, -0.2) is 47.4 Å². The van der Waals surface area contributed by atoms with Crippen molar-refractivity contribution in [1.82, 2.24) is 5.32 Å². The number of hydrogen-bond donors (Lipinski definition) is 3. The Morgan fingerprint density at radius 1 is 0.431 bits per heavy atom. The Morgan fingerprint density at radius 3 is 1.23 bits per heavy atom. The number of carbonyl (C=O) groups excluding carboxylic acids is 2. The number of ether oxygens (including phenoxy) is 1. The van der Waals surface area contributed by atoms with Crippen LogP contribution in [0.3, 0.4) is 0 Å². The third-order valence-electron chi connectivity index (χ3n) is 13.1. The number of esters is 1. The van der Waals surface area contributed by atoms with Crippen LogP contribution in [0.25, 0.3) is 0 Å². The fourth-order valence-electron chi connectivity index (χ4n) is 8.73. The molecule has 1 amide bonds. The summed E-state index contributed by atoms with van der Waals surface area (Å²) < 4.78 is 5.46. The Kier molecular flexibility index (Phi) is 53.1. The van der Waals surface area contributed by atoms with Gasteiger partial charge in [-0.3, -0.25) is 9.59 Å². The number of allylic oxidation sites excluding steroid dienone is 5. The van der Waals surface area contributed by atoms with E-state index in [1.54, 1.807) is 6.08 Å². The topological polar surface area (TPSA) is 95.9 Å². The highest BCUT2D eigenvalue weighted by Crippen LogP contribution is 2.17. The highest BCUT2D eigenvalue weighted by Gasteiger charge is 2.18. The lowest BCUT2D eigenvalue weighted by atomic mass is 10.0. The Labute approximate surface area is 404 Å². The number of carbonyl (C=O) groups is 2. The predicted octanol–water partition coefficient (Wildman–Crippen LogP) is 17.6. The summed E-state index contributed by atoms with van der Waals surface area (Å²) >= 11 is 0. The lowest BCUT2D eigenvalue weighted by molar-refractivity contribution is -0.143. The van der Waals surface area contributed by atoms with E-state index in [-0.39, 0.29) is 18.5 Å². The van der Waals surface area contributed by atoms with Gasteiger partial charge in [-0.15, -0.1) is 0 Å². The molecule has 0 aliphatic heterocycles. The van der Waals surface area contributed by atoms with E-state index < -0.39 is 12.1 Å². The molecular weight excluding hydrogens is 803 g/mol. The molecule has 0 saturated carbocycles. The quantitative estimate of drug-likeness (QED) is 0.0321. The van der Waals surface area contributed by atoms with Crippen LogP contribution in [0.2, 0.25) is 0 Å². The molecule has 6 heteroatoms. The molecule has 2 unspecified atom stereocenters. The van der Waals surface area contributed by atoms with Gasteiger partial charge in [-0.2, -0.15) is 0 Å². The standard InChI is InChI=1S/C59H111NO5/c1-3-5-7-9-11-13-15-27-31-35-39-43-47-51-57(62)56(55-61)60-58(63)52-48-44-40-36-32-29-25-23-21-19-17-18-20-22-24-26-30-34-38-42-46-50-54-65-59(64)53-49-45-41-37-33-28-16-14-12-10-8-6-4-2/h8,10,14,16,47,51,56-57,61-62H,3-7,9,11-13,15,17-46,48-50,52-55H2,1-2H3,(H,60,63)/b10-8-,16-14-,51-47+. The zero-order chi connectivity index (χ0) is 47.2. The molecule has 0 aromatic rings. The Hall–Kier alpha value is -1.92. The van der Waals surface area contributed by atoms with E-state index in [1.807, 2.05) is 6.08 Å². The van der Waals surface area contributed by atoms with Crippen LogP contribution < -0.4 is 5.32 Å². The SMILES string of the molecule is CCC/C=C\C/C=C\CCCCCCCC(=O)OCCCCCCCCCCCCCCCCCCCCCCCCC(=O)NC(CO)C(O)/C=C/CCCCCCCCCCCCC. The van der Waals surface area contributed by atoms with E-state index >= 15 is 0 Å². The van der Waals surface area contributed by atoms with E-state index in [9.17, 15) is 19.8 Å². The number of nitrogens with one attached hydrogen (secondary N) is 1. The van der Waals surface area contributed by atoms with Gasteiger partial charge in [0, 0.05) is 12.8 Å². The molecule has 0 radical (unpaired) electrons. The minimum Gasteiger partial charge on any atom is -0.466 e. The monoisotopic (exact) mass is 914 g/mol. The van der Waals surface area contributed by atoms with Crippen LogP contribution in [0, 0.1) is 0 Å². The zero-order valence-corrected chi connectivity index (χ0v) is 43.5. The van der Waals surface area contributed by atoms with Gasteiger partial charge in [-0.25, -0.2) is 0 Å². The molecule has 0 aromatic heterocycles. The van der Waals surface area contributed by atoms with Crippen LogP contribution in [-0.2, 0) is 14.3 Å². The van der Waals surface area contributed by atoms with E-state index in [1.165, 1.54) is 225 Å². The second kappa shape index (κ2) is 54.7. The second-order valence-corrected chi connectivity index (χ2v) is 19.6. The van der Waals surface area contributed by atoms with Crippen LogP contribution in [0.1, 0.15) is 303 Å². The van der Waals surface area contributed by atoms with Crippen molar-refractivity contribution in [2.75, 3.05) is 13.2 Å². The summed E-state index contributed by atoms with van der Waals surface area (Å²) in [5, 5.41) is 23.1. The average molecular weight is 915 g/mol. The van der Waals surface area contributed by atoms with Crippen molar-refractivity contribution in [2.45, 2.75) is 315 Å². The molecule has 382 valence electrons. The summed E-state index contributed by atoms with van der Waals surface area (Å²) in [7, 11) is 0. The summed E-state index contributed by atoms with van der Waals surface area (Å²) in [6, 6.07) is -0.627. The number of amides is 1. The zero-order valence-electron chi connectivity index (χ0n) is 43.5. The molecule has 6 nitrogen and oxygen atoms in total. The Bertz CT molecular complexity index is 1060. The average Bonchev–Trinajstić information content (AvgIpc) is 3.31. The minimum atomic E-state index is -0.844. The lowest BCUT2D eigenvalue weighted by Gasteiger charge is -2.20. The molecule has 3 N–H and O–H groups in total. The van der Waals surface area contributed by atoms with Gasteiger partial charge in [0.05, 0.1) is 25.4 Å². The first-order valence-electron chi connectivity index (χ1n) is 28.8. The summed E-state index contributed by atoms with van der Waals surface area (Å²) in [6.07, 6.45) is 67.4. The third kappa shape index (κ3) is 51.3. The molecule has 0 spiro atoms. The summed E-state index contributed by atoms with van der Waals surface area (Å²) in [5.41, 5.74) is 0. The maximum absolute atomic E-state index is 12.4. The third-order valence-corrected chi connectivity index (χ3v) is 13.1. The fraction of sp³-hybridized carbons (Fsp3) is 0.864. The van der Waals surface area contributed by atoms with Gasteiger partial charge in [0.2, 0.25) is 5.91 Å². The molecule has 2 atom stereocenters. The largest absolute Gasteiger partial charge is 0.466 e. The number of unbranched alkanes of at least 4 members (excludes halogenated alkanes) is 38. The molecule has 0 aliphatic rings. The van der Waals surface area contributed by atoms with Crippen LogP contribution >= 0.6 is 0 Å². The van der Waals surface area contributed by atoms with Gasteiger partial charge < -0.3 is 20.3 Å². The van der Waals surface area contributed by atoms with Crippen molar-refractivity contribution >= 4 is 11.9 Å². The van der Waals surface area contributed by atoms with Gasteiger partial charge in [-0.1, -0.05) is 269 Å². The maximum Gasteiger partial charge on any atom is 0.305 e. The maximum atomic E-state index is 12.4. The highest BCUT2D eigenvalue weighted by atomic mass is 16.5. The van der Waals surface area contributed by atoms with Crippen molar-refractivity contribution in [3.8, 4) is 0 Å². The molecule has 0 aliphatic carbocycles. The molecule has 0 rings (SSSR count). The van der Waals surface area contributed by atoms with Crippen molar-refractivity contribution in [3.63, 3.8) is 0 Å².